The second-order valence-corrected chi connectivity index (χ2v) is 8.56. The molecule has 0 unspecified atom stereocenters. The molecule has 30 heavy (non-hydrogen) atoms. The Bertz CT molecular complexity index is 1250. The van der Waals surface area contributed by atoms with Crippen molar-refractivity contribution in [3.05, 3.63) is 84.9 Å². The van der Waals surface area contributed by atoms with E-state index in [1.54, 1.807) is 72.8 Å². The third kappa shape index (κ3) is 7.25. The second-order valence-electron chi connectivity index (χ2n) is 5.86. The molecule has 10 heteroatoms. The summed E-state index contributed by atoms with van der Waals surface area (Å²) in [5.41, 5.74) is 0. The predicted molar refractivity (Wildman–Crippen MR) is 104 cm³/mol. The van der Waals surface area contributed by atoms with E-state index in [2.05, 4.69) is 0 Å². The molecule has 0 aliphatic rings. The molecule has 4 aromatic carbocycles. The maximum atomic E-state index is 10.9. The van der Waals surface area contributed by atoms with Crippen LogP contribution in [0, 0.1) is 0 Å². The summed E-state index contributed by atoms with van der Waals surface area (Å²) in [6, 6.07) is 23.1. The van der Waals surface area contributed by atoms with Gasteiger partial charge in [0.15, 0.2) is 0 Å². The molecule has 0 atom stereocenters. The van der Waals surface area contributed by atoms with Crippen molar-refractivity contribution in [1.82, 2.24) is 0 Å². The van der Waals surface area contributed by atoms with Gasteiger partial charge >= 0.3 is 103 Å². The SMILES string of the molecule is O=S(=O)([O-])c1cccc2ccccc12.O=S(=O)([O-])c1cccc2ccccc12.[K+].[K+]. The number of hydrogen-bond acceptors (Lipinski definition) is 6. The minimum absolute atomic E-state index is 0. The fourth-order valence-electron chi connectivity index (χ4n) is 2.83. The fourth-order valence-corrected chi connectivity index (χ4v) is 4.23. The molecule has 144 valence electrons. The van der Waals surface area contributed by atoms with E-state index in [1.165, 1.54) is 12.1 Å². The summed E-state index contributed by atoms with van der Waals surface area (Å²) in [7, 11) is -8.76. The Morgan fingerprint density at radius 3 is 1.10 bits per heavy atom. The maximum absolute atomic E-state index is 10.9. The van der Waals surface area contributed by atoms with Crippen LogP contribution in [0.25, 0.3) is 21.5 Å². The molecule has 0 radical (unpaired) electrons. The van der Waals surface area contributed by atoms with Crippen molar-refractivity contribution in [2.75, 3.05) is 0 Å². The van der Waals surface area contributed by atoms with E-state index in [4.69, 9.17) is 0 Å². The molecule has 0 bridgehead atoms. The standard InChI is InChI=1S/2C10H8O3S.2K/c2*11-14(12,13)10-7-3-5-8-4-1-2-6-9(8)10;;/h2*1-7H,(H,11,12,13);;/q;;2*+1/p-2. The van der Waals surface area contributed by atoms with Gasteiger partial charge in [0.05, 0.1) is 9.79 Å². The van der Waals surface area contributed by atoms with Gasteiger partial charge in [-0.2, -0.15) is 0 Å². The van der Waals surface area contributed by atoms with Crippen LogP contribution in [0.5, 0.6) is 0 Å². The van der Waals surface area contributed by atoms with Gasteiger partial charge in [-0.3, -0.25) is 0 Å². The van der Waals surface area contributed by atoms with Crippen molar-refractivity contribution < 1.29 is 129 Å². The van der Waals surface area contributed by atoms with Crippen LogP contribution in [-0.2, 0) is 20.2 Å². The minimum Gasteiger partial charge on any atom is -0.744 e. The molecule has 0 aromatic heterocycles. The smallest absolute Gasteiger partial charge is 0.744 e. The number of rotatable bonds is 2. The van der Waals surface area contributed by atoms with Crippen LogP contribution in [0.2, 0.25) is 0 Å². The maximum Gasteiger partial charge on any atom is 1.00 e. The fraction of sp³-hybridized carbons (Fsp3) is 0. The third-order valence-corrected chi connectivity index (χ3v) is 5.83. The van der Waals surface area contributed by atoms with E-state index >= 15 is 0 Å². The first-order chi connectivity index (χ1) is 13.2. The molecule has 0 N–H and O–H groups in total. The van der Waals surface area contributed by atoms with Crippen LogP contribution in [-0.4, -0.2) is 25.9 Å². The molecule has 0 spiro atoms. The first kappa shape index (κ1) is 28.5. The summed E-state index contributed by atoms with van der Waals surface area (Å²) in [5.74, 6) is 0. The molecule has 4 rings (SSSR count). The summed E-state index contributed by atoms with van der Waals surface area (Å²) in [4.78, 5) is -0.314. The average molecular weight is 493 g/mol. The van der Waals surface area contributed by atoms with Gasteiger partial charge in [0.2, 0.25) is 0 Å². The second kappa shape index (κ2) is 12.1. The van der Waals surface area contributed by atoms with Gasteiger partial charge in [0.25, 0.3) is 0 Å². The van der Waals surface area contributed by atoms with Gasteiger partial charge in [0, 0.05) is 0 Å². The molecule has 0 fully saturated rings. The van der Waals surface area contributed by atoms with E-state index < -0.39 is 20.2 Å². The predicted octanol–water partition coefficient (Wildman–Crippen LogP) is -2.50. The first-order valence-corrected chi connectivity index (χ1v) is 10.9. The van der Waals surface area contributed by atoms with Crippen molar-refractivity contribution in [2.24, 2.45) is 0 Å². The number of hydrogen-bond donors (Lipinski definition) is 0. The van der Waals surface area contributed by atoms with Crippen molar-refractivity contribution in [3.8, 4) is 0 Å². The third-order valence-electron chi connectivity index (χ3n) is 4.04. The summed E-state index contributed by atoms with van der Waals surface area (Å²) >= 11 is 0. The molecule has 0 aliphatic carbocycles. The van der Waals surface area contributed by atoms with E-state index in [9.17, 15) is 25.9 Å². The summed E-state index contributed by atoms with van der Waals surface area (Å²) < 4.78 is 65.3. The summed E-state index contributed by atoms with van der Waals surface area (Å²) in [6.07, 6.45) is 0. The van der Waals surface area contributed by atoms with Crippen molar-refractivity contribution in [3.63, 3.8) is 0 Å². The van der Waals surface area contributed by atoms with Crippen LogP contribution in [0.3, 0.4) is 0 Å². The molecule has 0 amide bonds. The Labute approximate surface area is 260 Å². The molecule has 4 aromatic rings. The van der Waals surface area contributed by atoms with E-state index in [0.29, 0.717) is 10.8 Å². The van der Waals surface area contributed by atoms with Gasteiger partial charge < -0.3 is 9.11 Å². The minimum atomic E-state index is -4.38. The van der Waals surface area contributed by atoms with E-state index in [0.717, 1.165) is 10.8 Å². The molecular weight excluding hydrogens is 479 g/mol. The molecule has 0 heterocycles. The van der Waals surface area contributed by atoms with Crippen LogP contribution >= 0.6 is 0 Å². The molecule has 6 nitrogen and oxygen atoms in total. The average Bonchev–Trinajstić information content (AvgIpc) is 2.66. The Kier molecular flexibility index (Phi) is 11.5. The Morgan fingerprint density at radius 2 is 0.767 bits per heavy atom. The normalized spacial score (nSPS) is 11.0. The van der Waals surface area contributed by atoms with E-state index in [-0.39, 0.29) is 113 Å². The number of fused-ring (bicyclic) bond motifs is 2. The zero-order chi connectivity index (χ0) is 20.4. The quantitative estimate of drug-likeness (QED) is 0.226. The van der Waals surface area contributed by atoms with Crippen LogP contribution in [0.15, 0.2) is 94.7 Å². The van der Waals surface area contributed by atoms with Gasteiger partial charge in [-0.1, -0.05) is 72.8 Å². The van der Waals surface area contributed by atoms with Gasteiger partial charge in [-0.25, -0.2) is 16.8 Å². The Morgan fingerprint density at radius 1 is 0.467 bits per heavy atom. The van der Waals surface area contributed by atoms with Gasteiger partial charge in [-0.15, -0.1) is 0 Å². The zero-order valence-corrected chi connectivity index (χ0v) is 24.2. The zero-order valence-electron chi connectivity index (χ0n) is 16.3. The monoisotopic (exact) mass is 492 g/mol. The molecule has 0 saturated carbocycles. The van der Waals surface area contributed by atoms with Gasteiger partial charge in [-0.05, 0) is 33.7 Å². The largest absolute Gasteiger partial charge is 1.00 e. The topological polar surface area (TPSA) is 114 Å². The molecule has 0 aliphatic heterocycles. The molecular formula is C20H14K2O6S2. The molecule has 0 saturated heterocycles. The Hall–Kier alpha value is 0.493. The Balaban J connectivity index is 0.000000281. The van der Waals surface area contributed by atoms with Crippen molar-refractivity contribution >= 4 is 41.8 Å². The van der Waals surface area contributed by atoms with E-state index in [1.807, 2.05) is 0 Å². The first-order valence-electron chi connectivity index (χ1n) is 8.05. The summed E-state index contributed by atoms with van der Waals surface area (Å²) in [5, 5.41) is 2.46. The van der Waals surface area contributed by atoms with Crippen molar-refractivity contribution in [1.29, 1.82) is 0 Å². The van der Waals surface area contributed by atoms with Crippen molar-refractivity contribution in [2.45, 2.75) is 9.79 Å². The van der Waals surface area contributed by atoms with Crippen LogP contribution in [0.4, 0.5) is 0 Å². The van der Waals surface area contributed by atoms with Crippen LogP contribution < -0.4 is 103 Å². The van der Waals surface area contributed by atoms with Crippen LogP contribution in [0.1, 0.15) is 0 Å². The summed E-state index contributed by atoms with van der Waals surface area (Å²) in [6.45, 7) is 0. The van der Waals surface area contributed by atoms with Gasteiger partial charge in [0.1, 0.15) is 20.2 Å². The number of benzene rings is 4.